The van der Waals surface area contributed by atoms with Gasteiger partial charge in [-0.1, -0.05) is 64.3 Å². The number of carbonyl (C=O) groups is 1. The molecule has 0 bridgehead atoms. The lowest BCUT2D eigenvalue weighted by atomic mass is 10.2. The van der Waals surface area contributed by atoms with E-state index in [1.807, 2.05) is 6.92 Å². The number of anilines is 1. The summed E-state index contributed by atoms with van der Waals surface area (Å²) in [7, 11) is 0. The van der Waals surface area contributed by atoms with Crippen LogP contribution in [-0.2, 0) is 12.2 Å². The summed E-state index contributed by atoms with van der Waals surface area (Å²) in [6.07, 6.45) is 0.674. The van der Waals surface area contributed by atoms with Crippen LogP contribution in [-0.4, -0.2) is 25.7 Å². The summed E-state index contributed by atoms with van der Waals surface area (Å²) in [5.41, 5.74) is 3.18. The van der Waals surface area contributed by atoms with E-state index in [0.717, 1.165) is 21.6 Å². The molecule has 6 nitrogen and oxygen atoms in total. The van der Waals surface area contributed by atoms with Crippen LogP contribution in [0.3, 0.4) is 0 Å². The fourth-order valence-corrected chi connectivity index (χ4v) is 4.26. The number of thioether (sulfide) groups is 1. The Morgan fingerprint density at radius 1 is 1.21 bits per heavy atom. The van der Waals surface area contributed by atoms with Gasteiger partial charge in [-0.05, 0) is 30.4 Å². The van der Waals surface area contributed by atoms with Crippen molar-refractivity contribution in [1.29, 1.82) is 0 Å². The van der Waals surface area contributed by atoms with Gasteiger partial charge < -0.3 is 0 Å². The fraction of sp³-hybridized carbons (Fsp3) is 0.267. The third-order valence-electron chi connectivity index (χ3n) is 3.21. The Labute approximate surface area is 151 Å². The van der Waals surface area contributed by atoms with Crippen molar-refractivity contribution in [1.82, 2.24) is 19.8 Å². The average Bonchev–Trinajstić information content (AvgIpc) is 3.23. The van der Waals surface area contributed by atoms with Crippen molar-refractivity contribution >= 4 is 45.7 Å². The lowest BCUT2D eigenvalue weighted by molar-refractivity contribution is 0.102. The number of rotatable bonds is 6. The highest BCUT2D eigenvalue weighted by atomic mass is 32.2. The minimum Gasteiger partial charge on any atom is -0.296 e. The summed E-state index contributed by atoms with van der Waals surface area (Å²) >= 11 is 4.07. The van der Waals surface area contributed by atoms with Gasteiger partial charge in [-0.25, -0.2) is 0 Å². The lowest BCUT2D eigenvalue weighted by Crippen LogP contribution is -2.12. The first-order chi connectivity index (χ1) is 11.7. The standard InChI is InChI=1S/C15H15N5OS3/c1-3-11-12(24-20-17-11)13(21)16-14-18-19-15(23-14)22-8-10-6-4-9(2)5-7-10/h4-7H,3,8H2,1-2H3,(H,16,18,21). The number of nitrogens with one attached hydrogen (secondary N) is 1. The second-order valence-electron chi connectivity index (χ2n) is 5.00. The second-order valence-corrected chi connectivity index (χ2v) is 7.96. The molecule has 0 aliphatic carbocycles. The van der Waals surface area contributed by atoms with Crippen molar-refractivity contribution in [3.8, 4) is 0 Å². The molecule has 24 heavy (non-hydrogen) atoms. The van der Waals surface area contributed by atoms with Gasteiger partial charge in [0.2, 0.25) is 5.13 Å². The first-order valence-electron chi connectivity index (χ1n) is 7.30. The number of carbonyl (C=O) groups excluding carboxylic acids is 1. The Balaban J connectivity index is 1.59. The molecule has 2 heterocycles. The van der Waals surface area contributed by atoms with Crippen molar-refractivity contribution in [2.45, 2.75) is 30.4 Å². The predicted octanol–water partition coefficient (Wildman–Crippen LogP) is 3.81. The van der Waals surface area contributed by atoms with E-state index in [0.29, 0.717) is 22.1 Å². The third kappa shape index (κ3) is 4.16. The zero-order chi connectivity index (χ0) is 16.9. The van der Waals surface area contributed by atoms with Crippen molar-refractivity contribution < 1.29 is 4.79 Å². The SMILES string of the molecule is CCc1nnsc1C(=O)Nc1nnc(SCc2ccc(C)cc2)s1. The zero-order valence-corrected chi connectivity index (χ0v) is 15.6. The molecule has 0 unspecified atom stereocenters. The quantitative estimate of drug-likeness (QED) is 0.520. The van der Waals surface area contributed by atoms with E-state index in [1.165, 1.54) is 22.5 Å². The molecule has 0 spiro atoms. The minimum absolute atomic E-state index is 0.229. The molecule has 0 radical (unpaired) electrons. The minimum atomic E-state index is -0.229. The summed E-state index contributed by atoms with van der Waals surface area (Å²) in [5, 5.41) is 15.3. The number of hydrogen-bond acceptors (Lipinski definition) is 8. The molecule has 0 aliphatic rings. The molecule has 1 amide bonds. The molecular weight excluding hydrogens is 362 g/mol. The van der Waals surface area contributed by atoms with Gasteiger partial charge in [0.25, 0.3) is 5.91 Å². The summed E-state index contributed by atoms with van der Waals surface area (Å²) in [5.74, 6) is 0.592. The number of amides is 1. The van der Waals surface area contributed by atoms with Crippen LogP contribution >= 0.6 is 34.6 Å². The van der Waals surface area contributed by atoms with Crippen molar-refractivity contribution in [3.63, 3.8) is 0 Å². The topological polar surface area (TPSA) is 80.7 Å². The Hall–Kier alpha value is -1.84. The van der Waals surface area contributed by atoms with Gasteiger partial charge in [0.15, 0.2) is 4.34 Å². The molecule has 2 aromatic heterocycles. The number of aromatic nitrogens is 4. The highest BCUT2D eigenvalue weighted by Gasteiger charge is 2.17. The molecule has 0 atom stereocenters. The fourth-order valence-electron chi connectivity index (χ4n) is 1.91. The molecule has 0 fully saturated rings. The van der Waals surface area contributed by atoms with E-state index in [9.17, 15) is 4.79 Å². The smallest absolute Gasteiger partial charge is 0.271 e. The monoisotopic (exact) mass is 377 g/mol. The van der Waals surface area contributed by atoms with Crippen LogP contribution in [0.25, 0.3) is 0 Å². The summed E-state index contributed by atoms with van der Waals surface area (Å²) in [6.45, 7) is 4.01. The van der Waals surface area contributed by atoms with E-state index >= 15 is 0 Å². The van der Waals surface area contributed by atoms with Crippen LogP contribution in [0, 0.1) is 6.92 Å². The highest BCUT2D eigenvalue weighted by molar-refractivity contribution is 8.00. The second kappa shape index (κ2) is 7.82. The average molecular weight is 378 g/mol. The molecule has 124 valence electrons. The van der Waals surface area contributed by atoms with Gasteiger partial charge in [-0.3, -0.25) is 10.1 Å². The molecule has 0 saturated heterocycles. The van der Waals surface area contributed by atoms with Gasteiger partial charge in [-0.2, -0.15) is 0 Å². The van der Waals surface area contributed by atoms with E-state index in [-0.39, 0.29) is 5.91 Å². The first-order valence-corrected chi connectivity index (χ1v) is 9.87. The van der Waals surface area contributed by atoms with Crippen LogP contribution in [0.15, 0.2) is 28.6 Å². The van der Waals surface area contributed by atoms with Crippen LogP contribution < -0.4 is 5.32 Å². The summed E-state index contributed by atoms with van der Waals surface area (Å²) in [6, 6.07) is 8.40. The number of aryl methyl sites for hydroxylation is 2. The molecule has 0 saturated carbocycles. The largest absolute Gasteiger partial charge is 0.296 e. The maximum atomic E-state index is 12.2. The molecule has 1 N–H and O–H groups in total. The predicted molar refractivity (Wildman–Crippen MR) is 97.9 cm³/mol. The van der Waals surface area contributed by atoms with E-state index in [1.54, 1.807) is 11.8 Å². The number of nitrogens with zero attached hydrogens (tertiary/aromatic N) is 4. The van der Waals surface area contributed by atoms with Crippen LogP contribution in [0.5, 0.6) is 0 Å². The molecule has 0 aliphatic heterocycles. The molecular formula is C15H15N5OS3. The maximum absolute atomic E-state index is 12.2. The molecule has 1 aromatic carbocycles. The van der Waals surface area contributed by atoms with Crippen LogP contribution in [0.1, 0.15) is 33.4 Å². The van der Waals surface area contributed by atoms with Crippen molar-refractivity contribution in [2.75, 3.05) is 5.32 Å². The van der Waals surface area contributed by atoms with Crippen molar-refractivity contribution in [3.05, 3.63) is 46.0 Å². The first kappa shape index (κ1) is 17.0. The van der Waals surface area contributed by atoms with Crippen molar-refractivity contribution in [2.24, 2.45) is 0 Å². The lowest BCUT2D eigenvalue weighted by Gasteiger charge is -1.99. The zero-order valence-electron chi connectivity index (χ0n) is 13.1. The Bertz CT molecular complexity index is 828. The van der Waals surface area contributed by atoms with E-state index < -0.39 is 0 Å². The Morgan fingerprint density at radius 2 is 2.00 bits per heavy atom. The van der Waals surface area contributed by atoms with Crippen LogP contribution in [0.2, 0.25) is 0 Å². The number of hydrogen-bond donors (Lipinski definition) is 1. The Morgan fingerprint density at radius 3 is 2.75 bits per heavy atom. The Kier molecular flexibility index (Phi) is 5.54. The van der Waals surface area contributed by atoms with Gasteiger partial charge in [0.05, 0.1) is 5.69 Å². The molecule has 3 aromatic rings. The summed E-state index contributed by atoms with van der Waals surface area (Å²) in [4.78, 5) is 12.8. The normalized spacial score (nSPS) is 10.8. The van der Waals surface area contributed by atoms with Gasteiger partial charge in [0, 0.05) is 5.75 Å². The molecule has 9 heteroatoms. The summed E-state index contributed by atoms with van der Waals surface area (Å²) < 4.78 is 4.65. The van der Waals surface area contributed by atoms with E-state index in [2.05, 4.69) is 56.3 Å². The van der Waals surface area contributed by atoms with Gasteiger partial charge in [0.1, 0.15) is 4.88 Å². The van der Waals surface area contributed by atoms with Gasteiger partial charge in [-0.15, -0.1) is 15.3 Å². The maximum Gasteiger partial charge on any atom is 0.271 e. The highest BCUT2D eigenvalue weighted by Crippen LogP contribution is 2.28. The van der Waals surface area contributed by atoms with Gasteiger partial charge >= 0.3 is 0 Å². The molecule has 3 rings (SSSR count). The van der Waals surface area contributed by atoms with E-state index in [4.69, 9.17) is 0 Å². The third-order valence-corrected chi connectivity index (χ3v) is 6.02. The van der Waals surface area contributed by atoms with Crippen LogP contribution in [0.4, 0.5) is 5.13 Å². The number of benzene rings is 1.